The third-order valence-corrected chi connectivity index (χ3v) is 5.06. The Balaban J connectivity index is 1.56. The molecule has 0 spiro atoms. The number of rotatable bonds is 5. The SMILES string of the molecule is Cc1ccc(CNC(=O)c2ncoc2-c2ccccc2C(=O)N2CCOCC2)cc1. The van der Waals surface area contributed by atoms with Crippen molar-refractivity contribution >= 4 is 11.8 Å². The van der Waals surface area contributed by atoms with Crippen LogP contribution >= 0.6 is 0 Å². The Morgan fingerprint density at radius 2 is 1.80 bits per heavy atom. The standard InChI is InChI=1S/C23H23N3O4/c1-16-6-8-17(9-7-16)14-24-22(27)20-21(30-15-25-20)18-4-2-3-5-19(18)23(28)26-10-12-29-13-11-26/h2-9,15H,10-14H2,1H3,(H,24,27). The number of oxazole rings is 1. The topological polar surface area (TPSA) is 84.7 Å². The lowest BCUT2D eigenvalue weighted by molar-refractivity contribution is 0.0303. The Morgan fingerprint density at radius 1 is 1.07 bits per heavy atom. The zero-order chi connectivity index (χ0) is 20.9. The molecule has 7 nitrogen and oxygen atoms in total. The van der Waals surface area contributed by atoms with Crippen molar-refractivity contribution in [2.75, 3.05) is 26.3 Å². The molecule has 1 fully saturated rings. The maximum atomic E-state index is 13.0. The largest absolute Gasteiger partial charge is 0.443 e. The lowest BCUT2D eigenvalue weighted by atomic mass is 10.0. The minimum atomic E-state index is -0.354. The fraction of sp³-hybridized carbons (Fsp3) is 0.261. The molecule has 1 N–H and O–H groups in total. The number of hydrogen-bond acceptors (Lipinski definition) is 5. The zero-order valence-corrected chi connectivity index (χ0v) is 16.8. The minimum Gasteiger partial charge on any atom is -0.443 e. The van der Waals surface area contributed by atoms with Gasteiger partial charge in [0.2, 0.25) is 0 Å². The highest BCUT2D eigenvalue weighted by molar-refractivity contribution is 6.04. The van der Waals surface area contributed by atoms with Crippen molar-refractivity contribution in [2.24, 2.45) is 0 Å². The van der Waals surface area contributed by atoms with Gasteiger partial charge in [0.1, 0.15) is 0 Å². The quantitative estimate of drug-likeness (QED) is 0.705. The summed E-state index contributed by atoms with van der Waals surface area (Å²) in [6.45, 7) is 4.49. The van der Waals surface area contributed by atoms with Crippen LogP contribution in [0.5, 0.6) is 0 Å². The van der Waals surface area contributed by atoms with Gasteiger partial charge >= 0.3 is 0 Å². The summed E-state index contributed by atoms with van der Waals surface area (Å²) in [5.74, 6) is -0.183. The molecule has 0 radical (unpaired) electrons. The Bertz CT molecular complexity index is 1040. The highest BCUT2D eigenvalue weighted by Gasteiger charge is 2.25. The second-order valence-electron chi connectivity index (χ2n) is 7.15. The van der Waals surface area contributed by atoms with Crippen molar-refractivity contribution in [3.63, 3.8) is 0 Å². The molecule has 154 valence electrons. The average Bonchev–Trinajstić information content (AvgIpc) is 3.28. The van der Waals surface area contributed by atoms with Crippen LogP contribution in [0.2, 0.25) is 0 Å². The summed E-state index contributed by atoms with van der Waals surface area (Å²) in [6.07, 6.45) is 1.23. The van der Waals surface area contributed by atoms with Crippen LogP contribution in [0.15, 0.2) is 59.3 Å². The zero-order valence-electron chi connectivity index (χ0n) is 16.8. The van der Waals surface area contributed by atoms with E-state index in [9.17, 15) is 9.59 Å². The summed E-state index contributed by atoms with van der Waals surface area (Å²) in [5, 5.41) is 2.87. The number of benzene rings is 2. The van der Waals surface area contributed by atoms with Gasteiger partial charge in [-0.05, 0) is 18.6 Å². The second kappa shape index (κ2) is 8.92. The van der Waals surface area contributed by atoms with E-state index in [-0.39, 0.29) is 23.3 Å². The molecule has 7 heteroatoms. The molecule has 1 aliphatic rings. The number of carbonyl (C=O) groups is 2. The van der Waals surface area contributed by atoms with Crippen molar-refractivity contribution in [3.8, 4) is 11.3 Å². The summed E-state index contributed by atoms with van der Waals surface area (Å²) in [5.41, 5.74) is 3.33. The van der Waals surface area contributed by atoms with Gasteiger partial charge in [-0.1, -0.05) is 48.0 Å². The molecular weight excluding hydrogens is 382 g/mol. The molecule has 2 aromatic carbocycles. The fourth-order valence-corrected chi connectivity index (χ4v) is 3.38. The molecule has 2 heterocycles. The van der Waals surface area contributed by atoms with Crippen LogP contribution in [0.1, 0.15) is 32.0 Å². The lowest BCUT2D eigenvalue weighted by Crippen LogP contribution is -2.40. The van der Waals surface area contributed by atoms with Gasteiger partial charge in [-0.15, -0.1) is 0 Å². The van der Waals surface area contributed by atoms with Crippen LogP contribution in [-0.4, -0.2) is 48.0 Å². The number of carbonyl (C=O) groups excluding carboxylic acids is 2. The Labute approximate surface area is 174 Å². The van der Waals surface area contributed by atoms with Crippen molar-refractivity contribution in [1.29, 1.82) is 0 Å². The van der Waals surface area contributed by atoms with Gasteiger partial charge < -0.3 is 19.4 Å². The summed E-state index contributed by atoms with van der Waals surface area (Å²) in [4.78, 5) is 31.7. The smallest absolute Gasteiger partial charge is 0.274 e. The number of aromatic nitrogens is 1. The first kappa shape index (κ1) is 19.8. The van der Waals surface area contributed by atoms with Gasteiger partial charge in [0.25, 0.3) is 11.8 Å². The molecule has 30 heavy (non-hydrogen) atoms. The minimum absolute atomic E-state index is 0.115. The molecule has 1 saturated heterocycles. The van der Waals surface area contributed by atoms with Gasteiger partial charge in [-0.2, -0.15) is 0 Å². The van der Waals surface area contributed by atoms with E-state index in [0.717, 1.165) is 11.1 Å². The second-order valence-corrected chi connectivity index (χ2v) is 7.15. The molecule has 2 amide bonds. The molecule has 0 saturated carbocycles. The van der Waals surface area contributed by atoms with Crippen molar-refractivity contribution in [1.82, 2.24) is 15.2 Å². The summed E-state index contributed by atoms with van der Waals surface area (Å²) in [7, 11) is 0. The van der Waals surface area contributed by atoms with E-state index in [1.807, 2.05) is 37.3 Å². The highest BCUT2D eigenvalue weighted by atomic mass is 16.5. The van der Waals surface area contributed by atoms with E-state index < -0.39 is 0 Å². The Hall–Kier alpha value is -3.45. The van der Waals surface area contributed by atoms with E-state index in [2.05, 4.69) is 10.3 Å². The monoisotopic (exact) mass is 405 g/mol. The van der Waals surface area contributed by atoms with E-state index in [1.54, 1.807) is 23.1 Å². The van der Waals surface area contributed by atoms with Gasteiger partial charge in [-0.3, -0.25) is 9.59 Å². The number of morpholine rings is 1. The number of aryl methyl sites for hydroxylation is 1. The van der Waals surface area contributed by atoms with E-state index in [4.69, 9.17) is 9.15 Å². The van der Waals surface area contributed by atoms with Gasteiger partial charge in [-0.25, -0.2) is 4.98 Å². The number of hydrogen-bond donors (Lipinski definition) is 1. The molecule has 1 aromatic heterocycles. The summed E-state index contributed by atoms with van der Waals surface area (Å²) >= 11 is 0. The first-order valence-electron chi connectivity index (χ1n) is 9.87. The van der Waals surface area contributed by atoms with Crippen molar-refractivity contribution in [2.45, 2.75) is 13.5 Å². The Morgan fingerprint density at radius 3 is 2.57 bits per heavy atom. The molecule has 0 aliphatic carbocycles. The lowest BCUT2D eigenvalue weighted by Gasteiger charge is -2.27. The maximum Gasteiger partial charge on any atom is 0.274 e. The molecular formula is C23H23N3O4. The van der Waals surface area contributed by atoms with Crippen LogP contribution in [0, 0.1) is 6.92 Å². The van der Waals surface area contributed by atoms with Crippen LogP contribution in [-0.2, 0) is 11.3 Å². The van der Waals surface area contributed by atoms with Crippen LogP contribution in [0.4, 0.5) is 0 Å². The summed E-state index contributed by atoms with van der Waals surface area (Å²) in [6, 6.07) is 15.0. The predicted molar refractivity (Wildman–Crippen MR) is 111 cm³/mol. The summed E-state index contributed by atoms with van der Waals surface area (Å²) < 4.78 is 10.9. The molecule has 0 unspecified atom stereocenters. The Kier molecular flexibility index (Phi) is 5.90. The highest BCUT2D eigenvalue weighted by Crippen LogP contribution is 2.28. The third kappa shape index (κ3) is 4.26. The van der Waals surface area contributed by atoms with Crippen LogP contribution in [0.3, 0.4) is 0 Å². The first-order chi connectivity index (χ1) is 14.6. The molecule has 0 bridgehead atoms. The van der Waals surface area contributed by atoms with Crippen molar-refractivity contribution < 1.29 is 18.7 Å². The predicted octanol–water partition coefficient (Wildman–Crippen LogP) is 3.05. The van der Waals surface area contributed by atoms with Crippen LogP contribution < -0.4 is 5.32 Å². The van der Waals surface area contributed by atoms with Crippen molar-refractivity contribution in [3.05, 3.63) is 77.3 Å². The van der Waals surface area contributed by atoms with Gasteiger partial charge in [0.05, 0.1) is 18.8 Å². The fourth-order valence-electron chi connectivity index (χ4n) is 3.38. The number of amides is 2. The normalized spacial score (nSPS) is 13.8. The van der Waals surface area contributed by atoms with Crippen LogP contribution in [0.25, 0.3) is 11.3 Å². The van der Waals surface area contributed by atoms with E-state index in [1.165, 1.54) is 6.39 Å². The molecule has 0 atom stereocenters. The molecule has 4 rings (SSSR count). The molecule has 3 aromatic rings. The number of nitrogens with one attached hydrogen (secondary N) is 1. The molecule has 1 aliphatic heterocycles. The average molecular weight is 405 g/mol. The van der Waals surface area contributed by atoms with Gasteiger partial charge in [0.15, 0.2) is 17.8 Å². The van der Waals surface area contributed by atoms with Gasteiger partial charge in [0, 0.05) is 25.2 Å². The third-order valence-electron chi connectivity index (χ3n) is 5.06. The number of nitrogens with zero attached hydrogens (tertiary/aromatic N) is 2. The van der Waals surface area contributed by atoms with E-state index >= 15 is 0 Å². The first-order valence-corrected chi connectivity index (χ1v) is 9.87. The number of ether oxygens (including phenoxy) is 1. The maximum absolute atomic E-state index is 13.0. The van der Waals surface area contributed by atoms with E-state index in [0.29, 0.717) is 44.0 Å².